The Morgan fingerprint density at radius 1 is 1.56 bits per heavy atom. The average Bonchev–Trinajstić information content (AvgIpc) is 2.33. The fourth-order valence-electron chi connectivity index (χ4n) is 1.63. The van der Waals surface area contributed by atoms with Crippen molar-refractivity contribution in [3.8, 4) is 0 Å². The Labute approximate surface area is 121 Å². The Hall–Kier alpha value is -0.580. The summed E-state index contributed by atoms with van der Waals surface area (Å²) in [6, 6.07) is 5.22. The molecule has 0 aliphatic carbocycles. The fourth-order valence-corrected chi connectivity index (χ4v) is 2.27. The number of carbonyl (C=O) groups excluding carboxylic acids is 1. The van der Waals surface area contributed by atoms with Crippen LogP contribution in [-0.2, 0) is 11.2 Å². The molecule has 1 amide bonds. The Kier molecular flexibility index (Phi) is 6.68. The highest BCUT2D eigenvalue weighted by Gasteiger charge is 2.11. The summed E-state index contributed by atoms with van der Waals surface area (Å²) in [6.07, 6.45) is 2.35. The van der Waals surface area contributed by atoms with Crippen LogP contribution in [0.1, 0.15) is 25.3 Å². The molecule has 3 N–H and O–H groups in total. The summed E-state index contributed by atoms with van der Waals surface area (Å²) >= 11 is 9.38. The van der Waals surface area contributed by atoms with Gasteiger partial charge in [0.2, 0.25) is 5.91 Å². The number of amides is 1. The van der Waals surface area contributed by atoms with Gasteiger partial charge in [-0.05, 0) is 36.6 Å². The second-order valence-corrected chi connectivity index (χ2v) is 5.46. The molecule has 0 aromatic heterocycles. The summed E-state index contributed by atoms with van der Waals surface area (Å²) in [5.74, 6) is -0.0880. The summed E-state index contributed by atoms with van der Waals surface area (Å²) in [6.45, 7) is 2.57. The minimum atomic E-state index is -0.405. The van der Waals surface area contributed by atoms with Gasteiger partial charge in [-0.25, -0.2) is 0 Å². The number of rotatable bonds is 6. The molecule has 3 nitrogen and oxygen atoms in total. The van der Waals surface area contributed by atoms with Gasteiger partial charge in [0.05, 0.1) is 6.04 Å². The lowest BCUT2D eigenvalue weighted by molar-refractivity contribution is -0.122. The van der Waals surface area contributed by atoms with E-state index in [-0.39, 0.29) is 5.91 Å². The Morgan fingerprint density at radius 3 is 2.94 bits per heavy atom. The summed E-state index contributed by atoms with van der Waals surface area (Å²) in [5, 5.41) is 3.53. The summed E-state index contributed by atoms with van der Waals surface area (Å²) in [5.41, 5.74) is 6.79. The quantitative estimate of drug-likeness (QED) is 0.841. The molecule has 5 heteroatoms. The predicted octanol–water partition coefficient (Wildman–Crippen LogP) is 2.89. The van der Waals surface area contributed by atoms with Gasteiger partial charge in [-0.15, -0.1) is 0 Å². The number of hydrogen-bond acceptors (Lipinski definition) is 2. The van der Waals surface area contributed by atoms with E-state index in [1.165, 1.54) is 0 Å². The summed E-state index contributed by atoms with van der Waals surface area (Å²) in [7, 11) is 0. The topological polar surface area (TPSA) is 55.1 Å². The van der Waals surface area contributed by atoms with Gasteiger partial charge in [-0.1, -0.05) is 40.9 Å². The first-order chi connectivity index (χ1) is 8.54. The molecule has 0 spiro atoms. The number of benzene rings is 1. The standard InChI is InChI=1S/C13H18BrClN2O/c1-2-3-12(16)13(18)17-7-6-9-8-10(15)4-5-11(9)14/h4-5,8,12H,2-3,6-7,16H2,1H3,(H,17,18). The van der Waals surface area contributed by atoms with Crippen LogP contribution in [0.15, 0.2) is 22.7 Å². The molecule has 0 saturated carbocycles. The lowest BCUT2D eigenvalue weighted by atomic mass is 10.1. The largest absolute Gasteiger partial charge is 0.354 e. The minimum absolute atomic E-state index is 0.0880. The number of nitrogens with one attached hydrogen (secondary N) is 1. The van der Waals surface area contributed by atoms with Crippen LogP contribution in [-0.4, -0.2) is 18.5 Å². The molecule has 1 aromatic carbocycles. The van der Waals surface area contributed by atoms with Crippen molar-refractivity contribution >= 4 is 33.4 Å². The van der Waals surface area contributed by atoms with E-state index in [0.29, 0.717) is 18.0 Å². The molecule has 0 aliphatic rings. The van der Waals surface area contributed by atoms with Crippen LogP contribution in [0.2, 0.25) is 5.02 Å². The Morgan fingerprint density at radius 2 is 2.28 bits per heavy atom. The van der Waals surface area contributed by atoms with Gasteiger partial charge in [0.15, 0.2) is 0 Å². The molecule has 1 atom stereocenters. The first-order valence-corrected chi connectivity index (χ1v) is 7.19. The van der Waals surface area contributed by atoms with Crippen LogP contribution in [0.4, 0.5) is 0 Å². The summed E-state index contributed by atoms with van der Waals surface area (Å²) < 4.78 is 0.999. The van der Waals surface area contributed by atoms with E-state index < -0.39 is 6.04 Å². The van der Waals surface area contributed by atoms with E-state index in [4.69, 9.17) is 17.3 Å². The van der Waals surface area contributed by atoms with Gasteiger partial charge >= 0.3 is 0 Å². The third kappa shape index (κ3) is 4.96. The van der Waals surface area contributed by atoms with Crippen molar-refractivity contribution in [2.45, 2.75) is 32.2 Å². The minimum Gasteiger partial charge on any atom is -0.354 e. The van der Waals surface area contributed by atoms with Crippen molar-refractivity contribution in [3.63, 3.8) is 0 Å². The van der Waals surface area contributed by atoms with Gasteiger partial charge in [0, 0.05) is 16.0 Å². The van der Waals surface area contributed by atoms with Gasteiger partial charge < -0.3 is 11.1 Å². The van der Waals surface area contributed by atoms with Crippen molar-refractivity contribution in [1.82, 2.24) is 5.32 Å². The van der Waals surface area contributed by atoms with Crippen LogP contribution >= 0.6 is 27.5 Å². The molecule has 1 unspecified atom stereocenters. The van der Waals surface area contributed by atoms with Gasteiger partial charge in [0.1, 0.15) is 0 Å². The molecular weight excluding hydrogens is 316 g/mol. The highest BCUT2D eigenvalue weighted by Crippen LogP contribution is 2.21. The zero-order chi connectivity index (χ0) is 13.5. The first-order valence-electron chi connectivity index (χ1n) is 6.01. The van der Waals surface area contributed by atoms with E-state index in [1.807, 2.05) is 25.1 Å². The van der Waals surface area contributed by atoms with E-state index in [1.54, 1.807) is 0 Å². The number of nitrogens with two attached hydrogens (primary N) is 1. The maximum Gasteiger partial charge on any atom is 0.236 e. The van der Waals surface area contributed by atoms with Crippen LogP contribution in [0.3, 0.4) is 0 Å². The van der Waals surface area contributed by atoms with Gasteiger partial charge in [-0.2, -0.15) is 0 Å². The predicted molar refractivity (Wildman–Crippen MR) is 78.7 cm³/mol. The van der Waals surface area contributed by atoms with E-state index in [2.05, 4.69) is 21.2 Å². The first kappa shape index (κ1) is 15.5. The number of carbonyl (C=O) groups is 1. The normalized spacial score (nSPS) is 12.2. The molecule has 100 valence electrons. The molecule has 1 rings (SSSR count). The van der Waals surface area contributed by atoms with Crippen LogP contribution in [0, 0.1) is 0 Å². The maximum atomic E-state index is 11.6. The van der Waals surface area contributed by atoms with Gasteiger partial charge in [0.25, 0.3) is 0 Å². The molecule has 0 radical (unpaired) electrons. The Bertz CT molecular complexity index is 412. The molecule has 0 bridgehead atoms. The molecule has 0 fully saturated rings. The molecular formula is C13H18BrClN2O. The fraction of sp³-hybridized carbons (Fsp3) is 0.462. The van der Waals surface area contributed by atoms with Crippen molar-refractivity contribution < 1.29 is 4.79 Å². The number of hydrogen-bond donors (Lipinski definition) is 2. The monoisotopic (exact) mass is 332 g/mol. The highest BCUT2D eigenvalue weighted by atomic mass is 79.9. The molecule has 0 saturated heterocycles. The lowest BCUT2D eigenvalue weighted by Crippen LogP contribution is -2.41. The molecule has 0 heterocycles. The van der Waals surface area contributed by atoms with Crippen LogP contribution < -0.4 is 11.1 Å². The lowest BCUT2D eigenvalue weighted by Gasteiger charge is -2.11. The summed E-state index contributed by atoms with van der Waals surface area (Å²) in [4.78, 5) is 11.6. The van der Waals surface area contributed by atoms with Crippen molar-refractivity contribution in [2.24, 2.45) is 5.73 Å². The van der Waals surface area contributed by atoms with E-state index >= 15 is 0 Å². The second-order valence-electron chi connectivity index (χ2n) is 4.17. The van der Waals surface area contributed by atoms with E-state index in [0.717, 1.165) is 22.9 Å². The zero-order valence-corrected chi connectivity index (χ0v) is 12.7. The number of halogens is 2. The smallest absolute Gasteiger partial charge is 0.236 e. The van der Waals surface area contributed by atoms with E-state index in [9.17, 15) is 4.79 Å². The molecule has 1 aromatic rings. The third-order valence-corrected chi connectivity index (χ3v) is 3.65. The zero-order valence-electron chi connectivity index (χ0n) is 10.4. The van der Waals surface area contributed by atoms with Crippen molar-refractivity contribution in [1.29, 1.82) is 0 Å². The highest BCUT2D eigenvalue weighted by molar-refractivity contribution is 9.10. The maximum absolute atomic E-state index is 11.6. The van der Waals surface area contributed by atoms with Crippen molar-refractivity contribution in [3.05, 3.63) is 33.3 Å². The SMILES string of the molecule is CCCC(N)C(=O)NCCc1cc(Cl)ccc1Br. The van der Waals surface area contributed by atoms with Gasteiger partial charge in [-0.3, -0.25) is 4.79 Å². The van der Waals surface area contributed by atoms with Crippen LogP contribution in [0.25, 0.3) is 0 Å². The van der Waals surface area contributed by atoms with Crippen molar-refractivity contribution in [2.75, 3.05) is 6.54 Å². The van der Waals surface area contributed by atoms with Crippen LogP contribution in [0.5, 0.6) is 0 Å². The average molecular weight is 334 g/mol. The molecule has 18 heavy (non-hydrogen) atoms. The third-order valence-electron chi connectivity index (χ3n) is 2.64. The Balaban J connectivity index is 2.42. The molecule has 0 aliphatic heterocycles. The second kappa shape index (κ2) is 7.77.